The van der Waals surface area contributed by atoms with Crippen LogP contribution in [0.3, 0.4) is 0 Å². The molecule has 0 atom stereocenters. The van der Waals surface area contributed by atoms with Crippen molar-refractivity contribution in [2.75, 3.05) is 13.6 Å². The van der Waals surface area contributed by atoms with E-state index in [1.165, 1.54) is 4.90 Å². The van der Waals surface area contributed by atoms with E-state index in [0.29, 0.717) is 12.2 Å². The van der Waals surface area contributed by atoms with Gasteiger partial charge in [0.25, 0.3) is 5.91 Å². The van der Waals surface area contributed by atoms with Crippen LogP contribution < -0.4 is 5.14 Å². The Bertz CT molecular complexity index is 547. The number of amides is 1. The Morgan fingerprint density at radius 1 is 1.50 bits per heavy atom. The van der Waals surface area contributed by atoms with E-state index in [2.05, 4.69) is 10.2 Å². The predicted molar refractivity (Wildman–Crippen MR) is 66.7 cm³/mol. The highest BCUT2D eigenvalue weighted by Crippen LogP contribution is 2.24. The van der Waals surface area contributed by atoms with Crippen LogP contribution in [0.4, 0.5) is 0 Å². The van der Waals surface area contributed by atoms with E-state index < -0.39 is 15.9 Å². The van der Waals surface area contributed by atoms with E-state index in [9.17, 15) is 13.2 Å². The Morgan fingerprint density at radius 3 is 2.44 bits per heavy atom. The van der Waals surface area contributed by atoms with Crippen LogP contribution in [0.1, 0.15) is 42.9 Å². The van der Waals surface area contributed by atoms with Crippen LogP contribution >= 0.6 is 0 Å². The van der Waals surface area contributed by atoms with Crippen molar-refractivity contribution >= 4 is 15.9 Å². The number of nitrogens with two attached hydrogens (primary N) is 1. The molecule has 0 radical (unpaired) electrons. The number of carbonyl (C=O) groups is 1. The molecule has 102 valence electrons. The number of aromatic nitrogens is 2. The van der Waals surface area contributed by atoms with E-state index in [1.54, 1.807) is 27.8 Å². The van der Waals surface area contributed by atoms with Crippen LogP contribution in [0, 0.1) is 0 Å². The van der Waals surface area contributed by atoms with E-state index in [-0.39, 0.29) is 16.5 Å². The molecule has 7 nitrogen and oxygen atoms in total. The highest BCUT2D eigenvalue weighted by molar-refractivity contribution is 7.89. The van der Waals surface area contributed by atoms with Gasteiger partial charge in [-0.25, -0.2) is 13.6 Å². The minimum atomic E-state index is -3.99. The van der Waals surface area contributed by atoms with Gasteiger partial charge in [0.15, 0.2) is 5.69 Å². The molecule has 0 bridgehead atoms. The highest BCUT2D eigenvalue weighted by Gasteiger charge is 2.29. The van der Waals surface area contributed by atoms with Crippen molar-refractivity contribution < 1.29 is 13.2 Å². The van der Waals surface area contributed by atoms with Crippen molar-refractivity contribution in [3.8, 4) is 0 Å². The molecule has 1 heterocycles. The molecule has 0 aliphatic rings. The average Bonchev–Trinajstić information content (AvgIpc) is 2.71. The van der Waals surface area contributed by atoms with Crippen LogP contribution in [-0.4, -0.2) is 43.0 Å². The first-order valence-electron chi connectivity index (χ1n) is 5.56. The summed E-state index contributed by atoms with van der Waals surface area (Å²) < 4.78 is 23.2. The van der Waals surface area contributed by atoms with Crippen molar-refractivity contribution in [2.24, 2.45) is 5.14 Å². The molecule has 1 amide bonds. The molecule has 0 fully saturated rings. The van der Waals surface area contributed by atoms with E-state index in [1.807, 2.05) is 0 Å². The lowest BCUT2D eigenvalue weighted by Crippen LogP contribution is -2.29. The summed E-state index contributed by atoms with van der Waals surface area (Å²) in [5.74, 6) is -0.594. The summed E-state index contributed by atoms with van der Waals surface area (Å²) in [7, 11) is -2.43. The van der Waals surface area contributed by atoms with Gasteiger partial charge in [0.1, 0.15) is 4.90 Å². The number of rotatable bonds is 4. The van der Waals surface area contributed by atoms with Gasteiger partial charge < -0.3 is 4.90 Å². The van der Waals surface area contributed by atoms with Crippen LogP contribution in [0.5, 0.6) is 0 Å². The van der Waals surface area contributed by atoms with Gasteiger partial charge in [-0.15, -0.1) is 0 Å². The minimum Gasteiger partial charge on any atom is -0.341 e. The molecular weight excluding hydrogens is 256 g/mol. The molecule has 0 saturated carbocycles. The average molecular weight is 274 g/mol. The van der Waals surface area contributed by atoms with Gasteiger partial charge in [-0.3, -0.25) is 9.89 Å². The maximum atomic E-state index is 12.0. The predicted octanol–water partition coefficient (Wildman–Crippen LogP) is 0.272. The number of nitrogens with one attached hydrogen (secondary N) is 1. The normalized spacial score (nSPS) is 11.9. The van der Waals surface area contributed by atoms with Crippen molar-refractivity contribution in [3.05, 3.63) is 11.4 Å². The Labute approximate surface area is 106 Å². The van der Waals surface area contributed by atoms with Gasteiger partial charge in [0.05, 0.1) is 5.69 Å². The fourth-order valence-corrected chi connectivity index (χ4v) is 2.48. The lowest BCUT2D eigenvalue weighted by atomic mass is 10.1. The van der Waals surface area contributed by atoms with Gasteiger partial charge in [0, 0.05) is 13.6 Å². The third-order valence-electron chi connectivity index (χ3n) is 2.63. The zero-order valence-electron chi connectivity index (χ0n) is 10.9. The molecule has 0 aliphatic heterocycles. The number of primary sulfonamides is 1. The Hall–Kier alpha value is -1.41. The second-order valence-corrected chi connectivity index (χ2v) is 5.83. The first-order chi connectivity index (χ1) is 8.20. The van der Waals surface area contributed by atoms with Gasteiger partial charge in [0.2, 0.25) is 10.0 Å². The second kappa shape index (κ2) is 5.07. The molecule has 3 N–H and O–H groups in total. The summed E-state index contributed by atoms with van der Waals surface area (Å²) in [5, 5.41) is 11.5. The van der Waals surface area contributed by atoms with Gasteiger partial charge >= 0.3 is 0 Å². The molecule has 0 unspecified atom stereocenters. The maximum Gasteiger partial charge on any atom is 0.275 e. The molecule has 0 saturated heterocycles. The van der Waals surface area contributed by atoms with Crippen molar-refractivity contribution in [2.45, 2.75) is 31.6 Å². The highest BCUT2D eigenvalue weighted by atomic mass is 32.2. The number of carbonyl (C=O) groups excluding carboxylic acids is 1. The lowest BCUT2D eigenvalue weighted by Gasteiger charge is -2.13. The smallest absolute Gasteiger partial charge is 0.275 e. The third-order valence-corrected chi connectivity index (χ3v) is 3.62. The van der Waals surface area contributed by atoms with Crippen molar-refractivity contribution in [3.63, 3.8) is 0 Å². The Morgan fingerprint density at radius 2 is 2.06 bits per heavy atom. The summed E-state index contributed by atoms with van der Waals surface area (Å²) in [5.41, 5.74) is 0.205. The summed E-state index contributed by atoms with van der Waals surface area (Å²) in [6, 6.07) is 0. The van der Waals surface area contributed by atoms with Crippen LogP contribution in [0.15, 0.2) is 4.90 Å². The van der Waals surface area contributed by atoms with E-state index >= 15 is 0 Å². The molecule has 0 aromatic carbocycles. The van der Waals surface area contributed by atoms with Gasteiger partial charge in [-0.05, 0) is 12.8 Å². The Balaban J connectivity index is 3.44. The number of nitrogens with zero attached hydrogens (tertiary/aromatic N) is 2. The number of hydrogen-bond donors (Lipinski definition) is 2. The first kappa shape index (κ1) is 14.7. The second-order valence-electron chi connectivity index (χ2n) is 4.33. The number of H-pyrrole nitrogens is 1. The molecule has 8 heteroatoms. The molecule has 1 rings (SSSR count). The van der Waals surface area contributed by atoms with Crippen molar-refractivity contribution in [1.82, 2.24) is 15.1 Å². The molecule has 1 aromatic rings. The first-order valence-corrected chi connectivity index (χ1v) is 7.11. The van der Waals surface area contributed by atoms with Crippen molar-refractivity contribution in [1.29, 1.82) is 0 Å². The third kappa shape index (κ3) is 2.70. The van der Waals surface area contributed by atoms with E-state index in [0.717, 1.165) is 0 Å². The summed E-state index contributed by atoms with van der Waals surface area (Å²) in [4.78, 5) is 13.2. The minimum absolute atomic E-state index is 0.126. The van der Waals surface area contributed by atoms with Crippen LogP contribution in [0.2, 0.25) is 0 Å². The monoisotopic (exact) mass is 274 g/mol. The topological polar surface area (TPSA) is 109 Å². The fourth-order valence-electron chi connectivity index (χ4n) is 1.49. The molecule has 18 heavy (non-hydrogen) atoms. The molecule has 0 aliphatic carbocycles. The lowest BCUT2D eigenvalue weighted by molar-refractivity contribution is 0.0793. The summed E-state index contributed by atoms with van der Waals surface area (Å²) in [6.45, 7) is 5.82. The fraction of sp³-hybridized carbons (Fsp3) is 0.600. The SMILES string of the molecule is CCN(C)C(=O)c1n[nH]c(C(C)C)c1S(N)(=O)=O. The van der Waals surface area contributed by atoms with Crippen LogP contribution in [-0.2, 0) is 10.0 Å². The number of aromatic amines is 1. The quantitative estimate of drug-likeness (QED) is 0.821. The zero-order valence-corrected chi connectivity index (χ0v) is 11.7. The van der Waals surface area contributed by atoms with Gasteiger partial charge in [-0.1, -0.05) is 13.8 Å². The summed E-state index contributed by atoms with van der Waals surface area (Å²) >= 11 is 0. The van der Waals surface area contributed by atoms with Gasteiger partial charge in [-0.2, -0.15) is 5.10 Å². The summed E-state index contributed by atoms with van der Waals surface area (Å²) in [6.07, 6.45) is 0. The largest absolute Gasteiger partial charge is 0.341 e. The van der Waals surface area contributed by atoms with Crippen LogP contribution in [0.25, 0.3) is 0 Å². The number of sulfonamides is 1. The maximum absolute atomic E-state index is 12.0. The molecular formula is C10H18N4O3S. The number of hydrogen-bond acceptors (Lipinski definition) is 4. The molecule has 1 aromatic heterocycles. The standard InChI is InChI=1S/C10H18N4O3S/c1-5-14(4)10(15)8-9(18(11,16)17)7(6(2)3)12-13-8/h6H,5H2,1-4H3,(H,12,13)(H2,11,16,17). The molecule has 0 spiro atoms. The van der Waals surface area contributed by atoms with E-state index in [4.69, 9.17) is 5.14 Å². The zero-order chi connectivity index (χ0) is 14.1. The Kier molecular flexibility index (Phi) is 4.12.